The first kappa shape index (κ1) is 14.0. The Balaban J connectivity index is 2.09. The Hall–Kier alpha value is -2.37. The highest BCUT2D eigenvalue weighted by Crippen LogP contribution is 2.07. The smallest absolute Gasteiger partial charge is 0.191 e. The van der Waals surface area contributed by atoms with Crippen molar-refractivity contribution >= 4 is 5.96 Å². The second-order valence-corrected chi connectivity index (χ2v) is 4.20. The highest BCUT2D eigenvalue weighted by Gasteiger charge is 2.00. The second kappa shape index (κ2) is 7.28. The predicted octanol–water partition coefficient (Wildman–Crippen LogP) is 1.34. The minimum Gasteiger partial charge on any atom is -0.357 e. The van der Waals surface area contributed by atoms with Gasteiger partial charge >= 0.3 is 0 Å². The highest BCUT2D eigenvalue weighted by atomic mass is 15.3. The monoisotopic (exact) mass is 272 g/mol. The van der Waals surface area contributed by atoms with Crippen LogP contribution in [-0.4, -0.2) is 33.8 Å². The predicted molar refractivity (Wildman–Crippen MR) is 79.9 cm³/mol. The van der Waals surface area contributed by atoms with Gasteiger partial charge in [-0.15, -0.1) is 0 Å². The van der Waals surface area contributed by atoms with Crippen molar-refractivity contribution in [3.8, 4) is 5.82 Å². The van der Waals surface area contributed by atoms with Gasteiger partial charge in [0, 0.05) is 31.7 Å². The fraction of sp³-hybridized carbons (Fsp3) is 0.357. The SMILES string of the molecule is CCNC(=NCc1ccnc(-n2cccn2)c1)NCC. The van der Waals surface area contributed by atoms with Gasteiger partial charge in [-0.2, -0.15) is 5.10 Å². The molecule has 2 aromatic rings. The third-order valence-electron chi connectivity index (χ3n) is 2.66. The molecule has 2 N–H and O–H groups in total. The minimum absolute atomic E-state index is 0.603. The molecule has 0 saturated heterocycles. The fourth-order valence-electron chi connectivity index (χ4n) is 1.77. The number of hydrogen-bond acceptors (Lipinski definition) is 3. The molecule has 20 heavy (non-hydrogen) atoms. The van der Waals surface area contributed by atoms with Gasteiger partial charge in [-0.05, 0) is 37.6 Å². The van der Waals surface area contributed by atoms with Crippen LogP contribution in [0.3, 0.4) is 0 Å². The molecule has 0 aliphatic rings. The van der Waals surface area contributed by atoms with Gasteiger partial charge in [0.2, 0.25) is 0 Å². The molecule has 0 atom stereocenters. The molecule has 0 bridgehead atoms. The molecule has 0 unspecified atom stereocenters. The Morgan fingerprint density at radius 3 is 2.70 bits per heavy atom. The quantitative estimate of drug-likeness (QED) is 0.637. The van der Waals surface area contributed by atoms with Crippen molar-refractivity contribution in [2.24, 2.45) is 4.99 Å². The Morgan fingerprint density at radius 1 is 1.25 bits per heavy atom. The zero-order chi connectivity index (χ0) is 14.2. The maximum Gasteiger partial charge on any atom is 0.191 e. The summed E-state index contributed by atoms with van der Waals surface area (Å²) in [6.45, 7) is 6.40. The molecule has 0 fully saturated rings. The molecular formula is C14H20N6. The molecule has 6 nitrogen and oxygen atoms in total. The summed E-state index contributed by atoms with van der Waals surface area (Å²) in [5.41, 5.74) is 1.10. The van der Waals surface area contributed by atoms with Gasteiger partial charge in [0.1, 0.15) is 0 Å². The molecule has 2 rings (SSSR count). The molecule has 2 heterocycles. The standard InChI is InChI=1S/C14H20N6/c1-3-15-14(16-4-2)18-11-12-6-8-17-13(10-12)20-9-5-7-19-20/h5-10H,3-4,11H2,1-2H3,(H2,15,16,18). The molecular weight excluding hydrogens is 252 g/mol. The van der Waals surface area contributed by atoms with E-state index in [2.05, 4.69) is 39.6 Å². The first-order valence-electron chi connectivity index (χ1n) is 6.80. The Bertz CT molecular complexity index is 539. The zero-order valence-corrected chi connectivity index (χ0v) is 11.9. The summed E-state index contributed by atoms with van der Waals surface area (Å²) in [6, 6.07) is 5.83. The molecule has 6 heteroatoms. The van der Waals surface area contributed by atoms with Crippen LogP contribution in [0.2, 0.25) is 0 Å². The molecule has 0 radical (unpaired) electrons. The van der Waals surface area contributed by atoms with Gasteiger partial charge in [0.05, 0.1) is 6.54 Å². The van der Waals surface area contributed by atoms with Crippen molar-refractivity contribution < 1.29 is 0 Å². The molecule has 0 aliphatic heterocycles. The molecule has 0 spiro atoms. The van der Waals surface area contributed by atoms with E-state index in [0.29, 0.717) is 6.54 Å². The van der Waals surface area contributed by atoms with Crippen molar-refractivity contribution in [3.05, 3.63) is 42.4 Å². The average Bonchev–Trinajstić information content (AvgIpc) is 3.00. The number of aromatic nitrogens is 3. The van der Waals surface area contributed by atoms with Crippen LogP contribution in [-0.2, 0) is 6.54 Å². The third-order valence-corrected chi connectivity index (χ3v) is 2.66. The van der Waals surface area contributed by atoms with E-state index in [1.807, 2.05) is 24.4 Å². The topological polar surface area (TPSA) is 67.1 Å². The molecule has 0 aliphatic carbocycles. The minimum atomic E-state index is 0.603. The largest absolute Gasteiger partial charge is 0.357 e. The van der Waals surface area contributed by atoms with E-state index in [1.54, 1.807) is 17.1 Å². The molecule has 2 aromatic heterocycles. The van der Waals surface area contributed by atoms with Crippen molar-refractivity contribution in [2.75, 3.05) is 13.1 Å². The first-order chi connectivity index (χ1) is 9.83. The number of guanidine groups is 1. The van der Waals surface area contributed by atoms with E-state index in [1.165, 1.54) is 0 Å². The Labute approximate surface area is 119 Å². The summed E-state index contributed by atoms with van der Waals surface area (Å²) in [5, 5.41) is 10.6. The number of nitrogens with one attached hydrogen (secondary N) is 2. The number of aliphatic imine (C=N–C) groups is 1. The van der Waals surface area contributed by atoms with E-state index >= 15 is 0 Å². The van der Waals surface area contributed by atoms with Gasteiger partial charge < -0.3 is 10.6 Å². The number of pyridine rings is 1. The molecule has 106 valence electrons. The Kier molecular flexibility index (Phi) is 5.11. The lowest BCUT2D eigenvalue weighted by atomic mass is 10.2. The lowest BCUT2D eigenvalue weighted by Crippen LogP contribution is -2.36. The number of rotatable bonds is 5. The van der Waals surface area contributed by atoms with Crippen molar-refractivity contribution in [1.29, 1.82) is 0 Å². The van der Waals surface area contributed by atoms with Gasteiger partial charge in [-0.3, -0.25) is 0 Å². The summed E-state index contributed by atoms with van der Waals surface area (Å²) in [4.78, 5) is 8.84. The average molecular weight is 272 g/mol. The lowest BCUT2D eigenvalue weighted by molar-refractivity contribution is 0.829. The van der Waals surface area contributed by atoms with Gasteiger partial charge in [0.25, 0.3) is 0 Å². The van der Waals surface area contributed by atoms with Crippen LogP contribution in [0.25, 0.3) is 5.82 Å². The zero-order valence-electron chi connectivity index (χ0n) is 11.9. The maximum atomic E-state index is 4.53. The van der Waals surface area contributed by atoms with E-state index in [-0.39, 0.29) is 0 Å². The Morgan fingerprint density at radius 2 is 2.05 bits per heavy atom. The van der Waals surface area contributed by atoms with E-state index < -0.39 is 0 Å². The maximum absolute atomic E-state index is 4.53. The lowest BCUT2D eigenvalue weighted by Gasteiger charge is -2.09. The van der Waals surface area contributed by atoms with E-state index in [4.69, 9.17) is 0 Å². The summed E-state index contributed by atoms with van der Waals surface area (Å²) in [5.74, 6) is 1.63. The summed E-state index contributed by atoms with van der Waals surface area (Å²) >= 11 is 0. The summed E-state index contributed by atoms with van der Waals surface area (Å²) < 4.78 is 1.74. The van der Waals surface area contributed by atoms with Crippen molar-refractivity contribution in [2.45, 2.75) is 20.4 Å². The third kappa shape index (κ3) is 3.81. The van der Waals surface area contributed by atoms with Crippen LogP contribution in [0.1, 0.15) is 19.4 Å². The summed E-state index contributed by atoms with van der Waals surface area (Å²) in [6.07, 6.45) is 5.39. The van der Waals surface area contributed by atoms with Crippen LogP contribution in [0.5, 0.6) is 0 Å². The number of hydrogen-bond donors (Lipinski definition) is 2. The van der Waals surface area contributed by atoms with Crippen LogP contribution >= 0.6 is 0 Å². The summed E-state index contributed by atoms with van der Waals surface area (Å²) in [7, 11) is 0. The van der Waals surface area contributed by atoms with Gasteiger partial charge in [0.15, 0.2) is 11.8 Å². The molecule has 0 amide bonds. The first-order valence-corrected chi connectivity index (χ1v) is 6.80. The van der Waals surface area contributed by atoms with E-state index in [9.17, 15) is 0 Å². The van der Waals surface area contributed by atoms with Gasteiger partial charge in [-0.25, -0.2) is 14.7 Å². The van der Waals surface area contributed by atoms with Crippen LogP contribution in [0.15, 0.2) is 41.8 Å². The highest BCUT2D eigenvalue weighted by molar-refractivity contribution is 5.79. The molecule has 0 saturated carbocycles. The van der Waals surface area contributed by atoms with Crippen LogP contribution in [0.4, 0.5) is 0 Å². The van der Waals surface area contributed by atoms with E-state index in [0.717, 1.165) is 30.4 Å². The number of nitrogens with zero attached hydrogens (tertiary/aromatic N) is 4. The second-order valence-electron chi connectivity index (χ2n) is 4.20. The van der Waals surface area contributed by atoms with Crippen LogP contribution in [0, 0.1) is 0 Å². The molecule has 0 aromatic carbocycles. The van der Waals surface area contributed by atoms with Gasteiger partial charge in [-0.1, -0.05) is 0 Å². The fourth-order valence-corrected chi connectivity index (χ4v) is 1.77. The van der Waals surface area contributed by atoms with Crippen molar-refractivity contribution in [1.82, 2.24) is 25.4 Å². The normalized spacial score (nSPS) is 10.1. The van der Waals surface area contributed by atoms with Crippen LogP contribution < -0.4 is 10.6 Å². The van der Waals surface area contributed by atoms with Crippen molar-refractivity contribution in [3.63, 3.8) is 0 Å².